The monoisotopic (exact) mass is 670 g/mol. The summed E-state index contributed by atoms with van der Waals surface area (Å²) in [5.41, 5.74) is -1.25. The van der Waals surface area contributed by atoms with E-state index in [1.807, 2.05) is 0 Å². The van der Waals surface area contributed by atoms with Crippen molar-refractivity contribution in [1.82, 2.24) is 0 Å². The molecule has 0 aromatic carbocycles. The van der Waals surface area contributed by atoms with Crippen molar-refractivity contribution in [2.45, 2.75) is 25.7 Å². The molecule has 0 atom stereocenters. The lowest BCUT2D eigenvalue weighted by atomic mass is 9.92. The predicted molar refractivity (Wildman–Crippen MR) is 169 cm³/mol. The smallest absolute Gasteiger partial charge is 0.306 e. The highest BCUT2D eigenvalue weighted by molar-refractivity contribution is 7.81. The van der Waals surface area contributed by atoms with E-state index in [4.69, 9.17) is 28.4 Å². The number of hydrogen-bond donors (Lipinski definition) is 6. The summed E-state index contributed by atoms with van der Waals surface area (Å²) < 4.78 is 31.1. The maximum atomic E-state index is 11.8. The van der Waals surface area contributed by atoms with E-state index in [9.17, 15) is 19.2 Å². The van der Waals surface area contributed by atoms with Crippen LogP contribution in [-0.4, -0.2) is 111 Å². The maximum Gasteiger partial charge on any atom is 0.306 e. The summed E-state index contributed by atoms with van der Waals surface area (Å²) in [5.74, 6) is 0.562. The van der Waals surface area contributed by atoms with Gasteiger partial charge in [-0.05, 0) is 0 Å². The lowest BCUT2D eigenvalue weighted by Gasteiger charge is -2.31. The average molecular weight is 671 g/mol. The number of carbonyl (C=O) groups is 4. The minimum absolute atomic E-state index is 0.0670. The Bertz CT molecular complexity index is 555. The third-order valence-corrected chi connectivity index (χ3v) is 5.52. The highest BCUT2D eigenvalue weighted by Crippen LogP contribution is 2.22. The molecule has 0 heterocycles. The lowest BCUT2D eigenvalue weighted by Crippen LogP contribution is -2.44. The van der Waals surface area contributed by atoms with E-state index < -0.39 is 29.3 Å². The van der Waals surface area contributed by atoms with Crippen molar-refractivity contribution in [1.29, 1.82) is 0 Å². The fraction of sp³-hybridized carbons (Fsp3) is 0.826. The molecule has 39 heavy (non-hydrogen) atoms. The topological polar surface area (TPSA) is 124 Å². The SMILES string of the molecule is O=C(CCS)OCC(COC(=O)CCS)(COC(=O)CCS)COC(=O)CCS.SCCOCCOCCS. The van der Waals surface area contributed by atoms with Gasteiger partial charge in [-0.2, -0.15) is 75.8 Å². The van der Waals surface area contributed by atoms with Crippen LogP contribution in [0.2, 0.25) is 0 Å². The molecule has 0 unspecified atom stereocenters. The van der Waals surface area contributed by atoms with Crippen LogP contribution in [0.4, 0.5) is 0 Å². The summed E-state index contributed by atoms with van der Waals surface area (Å²) in [4.78, 5) is 47.1. The molecule has 0 aliphatic rings. The van der Waals surface area contributed by atoms with Crippen LogP contribution in [0.5, 0.6) is 0 Å². The predicted octanol–water partition coefficient (Wildman–Crippen LogP) is 2.30. The zero-order valence-electron chi connectivity index (χ0n) is 22.0. The molecule has 10 nitrogen and oxygen atoms in total. The third-order valence-electron chi connectivity index (χ3n) is 4.26. The molecule has 0 aliphatic heterocycles. The van der Waals surface area contributed by atoms with Crippen molar-refractivity contribution < 1.29 is 47.6 Å². The van der Waals surface area contributed by atoms with E-state index in [0.29, 0.717) is 26.4 Å². The zero-order chi connectivity index (χ0) is 29.8. The molecular formula is C23H42O10S6. The van der Waals surface area contributed by atoms with Gasteiger partial charge in [0.25, 0.3) is 0 Å². The van der Waals surface area contributed by atoms with Gasteiger partial charge in [0.05, 0.1) is 52.1 Å². The second-order valence-corrected chi connectivity index (χ2v) is 10.4. The molecule has 0 amide bonds. The van der Waals surface area contributed by atoms with E-state index in [1.54, 1.807) is 0 Å². The quantitative estimate of drug-likeness (QED) is 0.0418. The van der Waals surface area contributed by atoms with Gasteiger partial charge in [-0.15, -0.1) is 0 Å². The van der Waals surface area contributed by atoms with Gasteiger partial charge in [0, 0.05) is 34.5 Å². The second-order valence-electron chi connectivity index (χ2n) is 7.71. The van der Waals surface area contributed by atoms with Crippen LogP contribution >= 0.6 is 75.8 Å². The molecule has 0 aromatic heterocycles. The van der Waals surface area contributed by atoms with Gasteiger partial charge in [-0.3, -0.25) is 19.2 Å². The highest BCUT2D eigenvalue weighted by atomic mass is 32.1. The van der Waals surface area contributed by atoms with Gasteiger partial charge in [0.1, 0.15) is 31.8 Å². The van der Waals surface area contributed by atoms with E-state index in [1.165, 1.54) is 0 Å². The van der Waals surface area contributed by atoms with Crippen LogP contribution in [-0.2, 0) is 47.6 Å². The van der Waals surface area contributed by atoms with Gasteiger partial charge < -0.3 is 28.4 Å². The van der Waals surface area contributed by atoms with Crippen LogP contribution < -0.4 is 0 Å². The Morgan fingerprint density at radius 3 is 0.872 bits per heavy atom. The molecule has 230 valence electrons. The summed E-state index contributed by atoms with van der Waals surface area (Å²) in [6, 6.07) is 0. The number of rotatable bonds is 23. The summed E-state index contributed by atoms with van der Waals surface area (Å²) in [7, 11) is 0. The minimum atomic E-state index is -1.25. The van der Waals surface area contributed by atoms with Crippen LogP contribution in [0.3, 0.4) is 0 Å². The number of ether oxygens (including phenoxy) is 6. The van der Waals surface area contributed by atoms with Crippen molar-refractivity contribution in [3.05, 3.63) is 0 Å². The number of carbonyl (C=O) groups excluding carboxylic acids is 4. The number of hydrogen-bond acceptors (Lipinski definition) is 16. The number of thiol groups is 6. The number of esters is 4. The van der Waals surface area contributed by atoms with Crippen LogP contribution in [0.25, 0.3) is 0 Å². The van der Waals surface area contributed by atoms with Gasteiger partial charge >= 0.3 is 23.9 Å². The largest absolute Gasteiger partial charge is 0.465 e. The fourth-order valence-corrected chi connectivity index (χ4v) is 3.28. The molecule has 0 bridgehead atoms. The summed E-state index contributed by atoms with van der Waals surface area (Å²) >= 11 is 23.8. The molecule has 0 aromatic rings. The zero-order valence-corrected chi connectivity index (χ0v) is 27.4. The van der Waals surface area contributed by atoms with Gasteiger partial charge in [0.15, 0.2) is 0 Å². The Morgan fingerprint density at radius 1 is 0.410 bits per heavy atom. The molecule has 0 N–H and O–H groups in total. The van der Waals surface area contributed by atoms with E-state index in [2.05, 4.69) is 75.8 Å². The summed E-state index contributed by atoms with van der Waals surface area (Å²) in [6.07, 6.45) is 0.268. The molecule has 0 radical (unpaired) electrons. The molecule has 0 spiro atoms. The molecule has 0 aliphatic carbocycles. The maximum absolute atomic E-state index is 11.8. The molecule has 0 rings (SSSR count). The summed E-state index contributed by atoms with van der Waals surface area (Å²) in [6.45, 7) is 1.60. The van der Waals surface area contributed by atoms with Crippen LogP contribution in [0.1, 0.15) is 25.7 Å². The summed E-state index contributed by atoms with van der Waals surface area (Å²) in [5, 5.41) is 0. The Balaban J connectivity index is 0. The third kappa shape index (κ3) is 26.5. The van der Waals surface area contributed by atoms with Crippen molar-refractivity contribution in [3.8, 4) is 0 Å². The molecule has 16 heteroatoms. The van der Waals surface area contributed by atoms with Crippen LogP contribution in [0.15, 0.2) is 0 Å². The van der Waals surface area contributed by atoms with Crippen molar-refractivity contribution in [2.75, 3.05) is 87.4 Å². The molecule has 0 saturated heterocycles. The molecule has 0 fully saturated rings. The van der Waals surface area contributed by atoms with E-state index in [-0.39, 0.29) is 75.1 Å². The van der Waals surface area contributed by atoms with Crippen molar-refractivity contribution in [3.63, 3.8) is 0 Å². The first kappa shape index (κ1) is 41.0. The fourth-order valence-electron chi connectivity index (χ4n) is 2.29. The Morgan fingerprint density at radius 2 is 0.667 bits per heavy atom. The Labute approximate surface area is 264 Å². The van der Waals surface area contributed by atoms with Crippen LogP contribution in [0, 0.1) is 5.41 Å². The molecular weight excluding hydrogens is 629 g/mol. The standard InChI is InChI=1S/C17H28O8S4.C6H14O2S2/c18-13(1-5-26)22-9-17(10-23-14(19)2-6-27,11-24-15(20)3-7-28)12-25-16(21)4-8-29;9-5-3-7-1-2-8-4-6-10/h26-29H,1-12H2;9-10H,1-6H2. The average Bonchev–Trinajstić information content (AvgIpc) is 2.91. The van der Waals surface area contributed by atoms with E-state index in [0.717, 1.165) is 11.5 Å². The Hall–Kier alpha value is -0.100. The van der Waals surface area contributed by atoms with Gasteiger partial charge in [-0.25, -0.2) is 0 Å². The first-order chi connectivity index (χ1) is 18.7. The Kier molecular flexibility index (Phi) is 30.9. The first-order valence-electron chi connectivity index (χ1n) is 12.2. The lowest BCUT2D eigenvalue weighted by molar-refractivity contribution is -0.170. The second kappa shape index (κ2) is 29.4. The minimum Gasteiger partial charge on any atom is -0.465 e. The normalized spacial score (nSPS) is 10.7. The van der Waals surface area contributed by atoms with Gasteiger partial charge in [0.2, 0.25) is 0 Å². The molecule has 0 saturated carbocycles. The van der Waals surface area contributed by atoms with E-state index >= 15 is 0 Å². The first-order valence-corrected chi connectivity index (χ1v) is 16.0. The van der Waals surface area contributed by atoms with Crippen molar-refractivity contribution >= 4 is 99.6 Å². The highest BCUT2D eigenvalue weighted by Gasteiger charge is 2.37. The van der Waals surface area contributed by atoms with Crippen molar-refractivity contribution in [2.24, 2.45) is 5.41 Å². The van der Waals surface area contributed by atoms with Gasteiger partial charge in [-0.1, -0.05) is 0 Å².